The number of methoxy groups -OCH3 is 1. The quantitative estimate of drug-likeness (QED) is 0.818. The molecule has 0 radical (unpaired) electrons. The van der Waals surface area contributed by atoms with Crippen molar-refractivity contribution in [3.05, 3.63) is 42.0 Å². The Morgan fingerprint density at radius 2 is 1.92 bits per heavy atom. The van der Waals surface area contributed by atoms with Crippen molar-refractivity contribution in [2.75, 3.05) is 24.3 Å². The van der Waals surface area contributed by atoms with Crippen molar-refractivity contribution in [1.29, 1.82) is 0 Å². The summed E-state index contributed by atoms with van der Waals surface area (Å²) in [4.78, 5) is 11.9. The van der Waals surface area contributed by atoms with Gasteiger partial charge in [0, 0.05) is 12.5 Å². The van der Waals surface area contributed by atoms with Crippen molar-refractivity contribution in [1.82, 2.24) is 10.2 Å². The molecule has 1 amide bonds. The molecule has 0 atom stereocenters. The summed E-state index contributed by atoms with van der Waals surface area (Å²) < 4.78 is 5.34. The first-order chi connectivity index (χ1) is 11.8. The summed E-state index contributed by atoms with van der Waals surface area (Å²) in [5, 5.41) is 14.2. The van der Waals surface area contributed by atoms with Crippen LogP contribution >= 0.6 is 0 Å². The van der Waals surface area contributed by atoms with Crippen LogP contribution in [0.15, 0.2) is 36.4 Å². The molecule has 1 saturated carbocycles. The number of rotatable bonds is 7. The van der Waals surface area contributed by atoms with Crippen LogP contribution in [0.1, 0.15) is 24.8 Å². The number of anilines is 2. The minimum Gasteiger partial charge on any atom is -0.496 e. The maximum atomic E-state index is 11.9. The van der Waals surface area contributed by atoms with Crippen molar-refractivity contribution >= 4 is 17.5 Å². The maximum Gasteiger partial charge on any atom is 0.228 e. The zero-order valence-corrected chi connectivity index (χ0v) is 13.8. The van der Waals surface area contributed by atoms with Crippen LogP contribution in [0.25, 0.3) is 0 Å². The van der Waals surface area contributed by atoms with E-state index in [0.29, 0.717) is 11.6 Å². The first kappa shape index (κ1) is 16.2. The highest BCUT2D eigenvalue weighted by molar-refractivity contribution is 5.92. The van der Waals surface area contributed by atoms with Gasteiger partial charge in [-0.1, -0.05) is 24.6 Å². The minimum absolute atomic E-state index is 0.0485. The minimum atomic E-state index is 0.0485. The Labute approximate surface area is 141 Å². The van der Waals surface area contributed by atoms with Crippen molar-refractivity contribution in [2.45, 2.75) is 25.7 Å². The largest absolute Gasteiger partial charge is 0.496 e. The van der Waals surface area contributed by atoms with E-state index in [1.54, 1.807) is 13.2 Å². The van der Waals surface area contributed by atoms with Crippen LogP contribution < -0.4 is 15.4 Å². The SMILES string of the molecule is COc1ccccc1CCNc1ccc(NC(=O)C2CCC2)nn1. The van der Waals surface area contributed by atoms with Crippen LogP contribution in [0.5, 0.6) is 5.75 Å². The summed E-state index contributed by atoms with van der Waals surface area (Å²) in [5.74, 6) is 2.27. The van der Waals surface area contributed by atoms with E-state index < -0.39 is 0 Å². The number of nitrogens with zero attached hydrogens (tertiary/aromatic N) is 2. The Morgan fingerprint density at radius 3 is 2.58 bits per heavy atom. The summed E-state index contributed by atoms with van der Waals surface area (Å²) in [6, 6.07) is 11.6. The van der Waals surface area contributed by atoms with Gasteiger partial charge in [0.15, 0.2) is 5.82 Å². The van der Waals surface area contributed by atoms with Gasteiger partial charge in [-0.25, -0.2) is 0 Å². The van der Waals surface area contributed by atoms with E-state index in [2.05, 4.69) is 20.8 Å². The average molecular weight is 326 g/mol. The number of carbonyl (C=O) groups is 1. The second-order valence-electron chi connectivity index (χ2n) is 5.91. The van der Waals surface area contributed by atoms with E-state index in [1.165, 1.54) is 0 Å². The summed E-state index contributed by atoms with van der Waals surface area (Å²) in [6.07, 6.45) is 3.91. The molecule has 24 heavy (non-hydrogen) atoms. The second kappa shape index (κ2) is 7.77. The van der Waals surface area contributed by atoms with Crippen molar-refractivity contribution in [3.8, 4) is 5.75 Å². The number of amides is 1. The van der Waals surface area contributed by atoms with Crippen LogP contribution in [-0.4, -0.2) is 29.8 Å². The van der Waals surface area contributed by atoms with Gasteiger partial charge >= 0.3 is 0 Å². The van der Waals surface area contributed by atoms with Gasteiger partial charge < -0.3 is 15.4 Å². The normalized spacial score (nSPS) is 13.9. The molecule has 3 rings (SSSR count). The summed E-state index contributed by atoms with van der Waals surface area (Å²) in [7, 11) is 1.67. The van der Waals surface area contributed by atoms with Crippen LogP contribution in [0.4, 0.5) is 11.6 Å². The number of ether oxygens (including phenoxy) is 1. The fourth-order valence-electron chi connectivity index (χ4n) is 2.63. The fourth-order valence-corrected chi connectivity index (χ4v) is 2.63. The fraction of sp³-hybridized carbons (Fsp3) is 0.389. The highest BCUT2D eigenvalue weighted by atomic mass is 16.5. The van der Waals surface area contributed by atoms with Crippen LogP contribution in [0.2, 0.25) is 0 Å². The van der Waals surface area contributed by atoms with E-state index in [-0.39, 0.29) is 11.8 Å². The van der Waals surface area contributed by atoms with Gasteiger partial charge in [0.05, 0.1) is 7.11 Å². The van der Waals surface area contributed by atoms with E-state index in [9.17, 15) is 4.79 Å². The number of hydrogen-bond donors (Lipinski definition) is 2. The molecule has 0 aliphatic heterocycles. The molecular weight excluding hydrogens is 304 g/mol. The van der Waals surface area contributed by atoms with Crippen LogP contribution in [0.3, 0.4) is 0 Å². The van der Waals surface area contributed by atoms with Gasteiger partial charge in [-0.3, -0.25) is 4.79 Å². The van der Waals surface area contributed by atoms with Gasteiger partial charge in [-0.15, -0.1) is 10.2 Å². The molecule has 6 heteroatoms. The third-order valence-electron chi connectivity index (χ3n) is 4.28. The third-order valence-corrected chi connectivity index (χ3v) is 4.28. The lowest BCUT2D eigenvalue weighted by molar-refractivity contribution is -0.122. The van der Waals surface area contributed by atoms with Gasteiger partial charge in [0.2, 0.25) is 5.91 Å². The van der Waals surface area contributed by atoms with Gasteiger partial charge in [0.25, 0.3) is 0 Å². The molecular formula is C18H22N4O2. The molecule has 6 nitrogen and oxygen atoms in total. The predicted octanol–water partition coefficient (Wildman–Crippen LogP) is 2.88. The maximum absolute atomic E-state index is 11.9. The van der Waals surface area contributed by atoms with Crippen molar-refractivity contribution in [2.24, 2.45) is 5.92 Å². The number of nitrogens with one attached hydrogen (secondary N) is 2. The molecule has 2 aromatic rings. The molecule has 1 aromatic carbocycles. The molecule has 1 heterocycles. The highest BCUT2D eigenvalue weighted by Crippen LogP contribution is 2.27. The van der Waals surface area contributed by atoms with E-state index in [1.807, 2.05) is 30.3 Å². The molecule has 0 bridgehead atoms. The van der Waals surface area contributed by atoms with Crippen molar-refractivity contribution < 1.29 is 9.53 Å². The number of carbonyl (C=O) groups excluding carboxylic acids is 1. The summed E-state index contributed by atoms with van der Waals surface area (Å²) in [6.45, 7) is 0.725. The molecule has 126 valence electrons. The Hall–Kier alpha value is -2.63. The summed E-state index contributed by atoms with van der Waals surface area (Å²) in [5.41, 5.74) is 1.14. The molecule has 0 unspecified atom stereocenters. The Bertz CT molecular complexity index is 684. The number of para-hydroxylation sites is 1. The standard InChI is InChI=1S/C18H22N4O2/c1-24-15-8-3-2-5-13(15)11-12-19-16-9-10-17(22-21-16)20-18(23)14-6-4-7-14/h2-3,5,8-10,14H,4,6-7,11-12H2,1H3,(H,19,21)(H,20,22,23). The van der Waals surface area contributed by atoms with Gasteiger partial charge in [-0.05, 0) is 43.0 Å². The highest BCUT2D eigenvalue weighted by Gasteiger charge is 2.25. The lowest BCUT2D eigenvalue weighted by atomic mass is 9.85. The number of aromatic nitrogens is 2. The average Bonchev–Trinajstić information content (AvgIpc) is 2.55. The smallest absolute Gasteiger partial charge is 0.228 e. The molecule has 2 N–H and O–H groups in total. The second-order valence-corrected chi connectivity index (χ2v) is 5.91. The van der Waals surface area contributed by atoms with Crippen molar-refractivity contribution in [3.63, 3.8) is 0 Å². The Balaban J connectivity index is 1.48. The Kier molecular flexibility index (Phi) is 5.25. The van der Waals surface area contributed by atoms with E-state index >= 15 is 0 Å². The Morgan fingerprint density at radius 1 is 1.17 bits per heavy atom. The number of benzene rings is 1. The molecule has 0 saturated heterocycles. The molecule has 1 aromatic heterocycles. The first-order valence-corrected chi connectivity index (χ1v) is 8.26. The lowest BCUT2D eigenvalue weighted by Crippen LogP contribution is -2.28. The molecule has 1 fully saturated rings. The van der Waals surface area contributed by atoms with Crippen LogP contribution in [-0.2, 0) is 11.2 Å². The van der Waals surface area contributed by atoms with Gasteiger partial charge in [-0.2, -0.15) is 0 Å². The predicted molar refractivity (Wildman–Crippen MR) is 93.2 cm³/mol. The molecule has 0 spiro atoms. The monoisotopic (exact) mass is 326 g/mol. The van der Waals surface area contributed by atoms with Gasteiger partial charge in [0.1, 0.15) is 11.6 Å². The van der Waals surface area contributed by atoms with Crippen LogP contribution in [0, 0.1) is 5.92 Å². The molecule has 1 aliphatic carbocycles. The topological polar surface area (TPSA) is 76.1 Å². The zero-order chi connectivity index (χ0) is 16.8. The lowest BCUT2D eigenvalue weighted by Gasteiger charge is -2.23. The summed E-state index contributed by atoms with van der Waals surface area (Å²) >= 11 is 0. The molecule has 1 aliphatic rings. The first-order valence-electron chi connectivity index (χ1n) is 8.26. The third kappa shape index (κ3) is 4.01. The number of hydrogen-bond acceptors (Lipinski definition) is 5. The van der Waals surface area contributed by atoms with E-state index in [4.69, 9.17) is 4.74 Å². The van der Waals surface area contributed by atoms with E-state index in [0.717, 1.165) is 43.5 Å². The zero-order valence-electron chi connectivity index (χ0n) is 13.8.